The zero-order valence-corrected chi connectivity index (χ0v) is 11.7. The molecule has 3 nitrogen and oxygen atoms in total. The second-order valence-corrected chi connectivity index (χ2v) is 5.34. The van der Waals surface area contributed by atoms with Crippen LogP contribution in [0.1, 0.15) is 38.2 Å². The summed E-state index contributed by atoms with van der Waals surface area (Å²) in [4.78, 5) is 6.86. The molecule has 0 amide bonds. The van der Waals surface area contributed by atoms with Crippen LogP contribution in [-0.4, -0.2) is 25.1 Å². The van der Waals surface area contributed by atoms with E-state index in [4.69, 9.17) is 0 Å². The quantitative estimate of drug-likeness (QED) is 0.838. The standard InChI is InChI=1S/C15H25N3/c1-3-16-10-14-8-9-15(17-11-14)18(2)12-13-6-4-5-7-13/h8-9,11,13,16H,3-7,10,12H2,1-2H3. The predicted octanol–water partition coefficient (Wildman–Crippen LogP) is 2.82. The lowest BCUT2D eigenvalue weighted by Gasteiger charge is -2.22. The molecule has 1 heterocycles. The van der Waals surface area contributed by atoms with Gasteiger partial charge < -0.3 is 10.2 Å². The van der Waals surface area contributed by atoms with Gasteiger partial charge in [0.25, 0.3) is 0 Å². The Balaban J connectivity index is 1.87. The maximum absolute atomic E-state index is 4.56. The maximum atomic E-state index is 4.56. The van der Waals surface area contributed by atoms with E-state index >= 15 is 0 Å². The summed E-state index contributed by atoms with van der Waals surface area (Å²) in [5.74, 6) is 1.97. The second-order valence-electron chi connectivity index (χ2n) is 5.34. The lowest BCUT2D eigenvalue weighted by molar-refractivity contribution is 0.545. The molecule has 1 fully saturated rings. The molecule has 1 saturated carbocycles. The van der Waals surface area contributed by atoms with E-state index in [2.05, 4.69) is 41.3 Å². The topological polar surface area (TPSA) is 28.2 Å². The lowest BCUT2D eigenvalue weighted by Crippen LogP contribution is -2.24. The van der Waals surface area contributed by atoms with Gasteiger partial charge in [-0.25, -0.2) is 4.98 Å². The van der Waals surface area contributed by atoms with Gasteiger partial charge in [-0.15, -0.1) is 0 Å². The number of rotatable bonds is 6. The lowest BCUT2D eigenvalue weighted by atomic mass is 10.1. The van der Waals surface area contributed by atoms with Gasteiger partial charge in [0.1, 0.15) is 5.82 Å². The number of nitrogens with one attached hydrogen (secondary N) is 1. The van der Waals surface area contributed by atoms with Crippen molar-refractivity contribution in [3.8, 4) is 0 Å². The molecule has 3 heteroatoms. The van der Waals surface area contributed by atoms with Crippen LogP contribution in [0.5, 0.6) is 0 Å². The van der Waals surface area contributed by atoms with E-state index in [9.17, 15) is 0 Å². The third-order valence-corrected chi connectivity index (χ3v) is 3.79. The predicted molar refractivity (Wildman–Crippen MR) is 76.8 cm³/mol. The first-order valence-electron chi connectivity index (χ1n) is 7.16. The van der Waals surface area contributed by atoms with Gasteiger partial charge in [0.2, 0.25) is 0 Å². The largest absolute Gasteiger partial charge is 0.359 e. The van der Waals surface area contributed by atoms with Crippen molar-refractivity contribution in [2.45, 2.75) is 39.2 Å². The van der Waals surface area contributed by atoms with Crippen molar-refractivity contribution in [3.63, 3.8) is 0 Å². The molecule has 1 aliphatic carbocycles. The summed E-state index contributed by atoms with van der Waals surface area (Å²) in [7, 11) is 2.16. The van der Waals surface area contributed by atoms with Crippen molar-refractivity contribution in [1.29, 1.82) is 0 Å². The van der Waals surface area contributed by atoms with Crippen molar-refractivity contribution in [1.82, 2.24) is 10.3 Å². The van der Waals surface area contributed by atoms with Gasteiger partial charge in [-0.05, 0) is 36.9 Å². The van der Waals surface area contributed by atoms with Crippen molar-refractivity contribution < 1.29 is 0 Å². The number of hydrogen-bond donors (Lipinski definition) is 1. The molecule has 0 radical (unpaired) electrons. The number of nitrogens with zero attached hydrogens (tertiary/aromatic N) is 2. The normalized spacial score (nSPS) is 16.1. The van der Waals surface area contributed by atoms with Crippen LogP contribution in [0, 0.1) is 5.92 Å². The fraction of sp³-hybridized carbons (Fsp3) is 0.667. The van der Waals surface area contributed by atoms with Gasteiger partial charge in [-0.3, -0.25) is 0 Å². The third kappa shape index (κ3) is 3.70. The molecule has 0 saturated heterocycles. The smallest absolute Gasteiger partial charge is 0.128 e. The molecule has 1 N–H and O–H groups in total. The molecular formula is C15H25N3. The Morgan fingerprint density at radius 2 is 2.11 bits per heavy atom. The first-order valence-corrected chi connectivity index (χ1v) is 7.16. The van der Waals surface area contributed by atoms with Crippen molar-refractivity contribution >= 4 is 5.82 Å². The van der Waals surface area contributed by atoms with E-state index in [0.717, 1.165) is 31.4 Å². The molecule has 1 aliphatic rings. The van der Waals surface area contributed by atoms with Crippen molar-refractivity contribution in [2.75, 3.05) is 25.0 Å². The zero-order chi connectivity index (χ0) is 12.8. The average molecular weight is 247 g/mol. The Kier molecular flexibility index (Phi) is 5.00. The first-order chi connectivity index (χ1) is 8.79. The second kappa shape index (κ2) is 6.74. The van der Waals surface area contributed by atoms with E-state index in [1.54, 1.807) is 0 Å². The van der Waals surface area contributed by atoms with Gasteiger partial charge >= 0.3 is 0 Å². The zero-order valence-electron chi connectivity index (χ0n) is 11.7. The van der Waals surface area contributed by atoms with Gasteiger partial charge in [-0.2, -0.15) is 0 Å². The minimum atomic E-state index is 0.873. The van der Waals surface area contributed by atoms with Gasteiger partial charge in [0, 0.05) is 26.3 Å². The van der Waals surface area contributed by atoms with E-state index < -0.39 is 0 Å². The van der Waals surface area contributed by atoms with Gasteiger partial charge in [0.05, 0.1) is 0 Å². The fourth-order valence-corrected chi connectivity index (χ4v) is 2.69. The van der Waals surface area contributed by atoms with E-state index in [-0.39, 0.29) is 0 Å². The molecule has 0 aliphatic heterocycles. The minimum absolute atomic E-state index is 0.873. The number of hydrogen-bond acceptors (Lipinski definition) is 3. The summed E-state index contributed by atoms with van der Waals surface area (Å²) in [6, 6.07) is 4.32. The first kappa shape index (κ1) is 13.3. The van der Waals surface area contributed by atoms with Crippen LogP contribution in [0.4, 0.5) is 5.82 Å². The SMILES string of the molecule is CCNCc1ccc(N(C)CC2CCCC2)nc1. The van der Waals surface area contributed by atoms with Crippen LogP contribution in [0.15, 0.2) is 18.3 Å². The molecule has 0 atom stereocenters. The highest BCUT2D eigenvalue weighted by atomic mass is 15.2. The highest BCUT2D eigenvalue weighted by Gasteiger charge is 2.17. The highest BCUT2D eigenvalue weighted by molar-refractivity contribution is 5.38. The van der Waals surface area contributed by atoms with E-state index in [1.807, 2.05) is 6.20 Å². The molecule has 1 aromatic heterocycles. The van der Waals surface area contributed by atoms with Gasteiger partial charge in [0.15, 0.2) is 0 Å². The van der Waals surface area contributed by atoms with Crippen LogP contribution in [-0.2, 0) is 6.54 Å². The maximum Gasteiger partial charge on any atom is 0.128 e. The third-order valence-electron chi connectivity index (χ3n) is 3.79. The summed E-state index contributed by atoms with van der Waals surface area (Å²) in [6.45, 7) is 5.19. The Morgan fingerprint density at radius 1 is 1.33 bits per heavy atom. The Hall–Kier alpha value is -1.09. The molecule has 2 rings (SSSR count). The number of anilines is 1. The molecule has 1 aromatic rings. The summed E-state index contributed by atoms with van der Waals surface area (Å²) in [6.07, 6.45) is 7.59. The van der Waals surface area contributed by atoms with Crippen LogP contribution in [0.3, 0.4) is 0 Å². The van der Waals surface area contributed by atoms with Crippen molar-refractivity contribution in [2.24, 2.45) is 5.92 Å². The monoisotopic (exact) mass is 247 g/mol. The number of pyridine rings is 1. The van der Waals surface area contributed by atoms with E-state index in [0.29, 0.717) is 0 Å². The molecule has 18 heavy (non-hydrogen) atoms. The summed E-state index contributed by atoms with van der Waals surface area (Å²) < 4.78 is 0. The van der Waals surface area contributed by atoms with Crippen molar-refractivity contribution in [3.05, 3.63) is 23.9 Å². The van der Waals surface area contributed by atoms with Crippen LogP contribution in [0.25, 0.3) is 0 Å². The summed E-state index contributed by atoms with van der Waals surface area (Å²) in [5.41, 5.74) is 1.26. The fourth-order valence-electron chi connectivity index (χ4n) is 2.69. The summed E-state index contributed by atoms with van der Waals surface area (Å²) in [5, 5.41) is 3.32. The Morgan fingerprint density at radius 3 is 2.72 bits per heavy atom. The van der Waals surface area contributed by atoms with E-state index in [1.165, 1.54) is 31.2 Å². The molecule has 0 unspecified atom stereocenters. The highest BCUT2D eigenvalue weighted by Crippen LogP contribution is 2.26. The Bertz CT molecular complexity index is 341. The van der Waals surface area contributed by atoms with Crippen LogP contribution in [0.2, 0.25) is 0 Å². The molecule has 100 valence electrons. The number of aromatic nitrogens is 1. The molecule has 0 spiro atoms. The van der Waals surface area contributed by atoms with Gasteiger partial charge in [-0.1, -0.05) is 25.8 Å². The molecule has 0 aromatic carbocycles. The average Bonchev–Trinajstić information content (AvgIpc) is 2.89. The molecule has 0 bridgehead atoms. The Labute approximate surface area is 111 Å². The molecular weight excluding hydrogens is 222 g/mol. The summed E-state index contributed by atoms with van der Waals surface area (Å²) >= 11 is 0. The van der Waals surface area contributed by atoms with Crippen LogP contribution >= 0.6 is 0 Å². The minimum Gasteiger partial charge on any atom is -0.359 e. The van der Waals surface area contributed by atoms with Crippen LogP contribution < -0.4 is 10.2 Å².